The van der Waals surface area contributed by atoms with Crippen LogP contribution in [0.4, 0.5) is 0 Å². The highest BCUT2D eigenvalue weighted by Crippen LogP contribution is 1.99. The third-order valence-corrected chi connectivity index (χ3v) is 2.08. The normalized spacial score (nSPS) is 11.2. The van der Waals surface area contributed by atoms with E-state index in [1.165, 1.54) is 5.69 Å². The van der Waals surface area contributed by atoms with Crippen LogP contribution in [-0.4, -0.2) is 29.8 Å². The molecular formula is C11H21N3O. The van der Waals surface area contributed by atoms with Crippen LogP contribution < -0.4 is 5.32 Å². The van der Waals surface area contributed by atoms with Crippen LogP contribution in [0.15, 0.2) is 12.5 Å². The highest BCUT2D eigenvalue weighted by atomic mass is 16.5. The van der Waals surface area contributed by atoms with Crippen LogP contribution in [0.2, 0.25) is 0 Å². The highest BCUT2D eigenvalue weighted by Gasteiger charge is 2.00. The van der Waals surface area contributed by atoms with E-state index in [2.05, 4.69) is 28.7 Å². The summed E-state index contributed by atoms with van der Waals surface area (Å²) in [6.45, 7) is 7.63. The van der Waals surface area contributed by atoms with Gasteiger partial charge in [0.1, 0.15) is 0 Å². The van der Waals surface area contributed by atoms with Crippen LogP contribution in [0.3, 0.4) is 0 Å². The Morgan fingerprint density at radius 3 is 3.00 bits per heavy atom. The topological polar surface area (TPSA) is 39.1 Å². The van der Waals surface area contributed by atoms with Gasteiger partial charge >= 0.3 is 0 Å². The van der Waals surface area contributed by atoms with Gasteiger partial charge in [0.15, 0.2) is 0 Å². The Labute approximate surface area is 91.7 Å². The van der Waals surface area contributed by atoms with Crippen molar-refractivity contribution in [3.05, 3.63) is 18.2 Å². The molecule has 1 N–H and O–H groups in total. The zero-order valence-corrected chi connectivity index (χ0v) is 9.86. The van der Waals surface area contributed by atoms with Gasteiger partial charge in [0.2, 0.25) is 0 Å². The molecule has 0 aliphatic rings. The zero-order chi connectivity index (χ0) is 11.1. The molecule has 1 aromatic rings. The number of hydrogen-bond acceptors (Lipinski definition) is 3. The molecule has 15 heavy (non-hydrogen) atoms. The molecule has 0 unspecified atom stereocenters. The lowest BCUT2D eigenvalue weighted by molar-refractivity contribution is 0.102. The van der Waals surface area contributed by atoms with E-state index in [1.54, 1.807) is 0 Å². The van der Waals surface area contributed by atoms with Crippen LogP contribution in [-0.2, 0) is 17.8 Å². The third-order valence-electron chi connectivity index (χ3n) is 2.08. The molecule has 0 fully saturated rings. The molecule has 0 amide bonds. The summed E-state index contributed by atoms with van der Waals surface area (Å²) in [6.07, 6.45) is 3.74. The molecule has 4 nitrogen and oxygen atoms in total. The predicted molar refractivity (Wildman–Crippen MR) is 60.6 cm³/mol. The molecule has 0 aromatic carbocycles. The molecule has 4 heteroatoms. The minimum Gasteiger partial charge on any atom is -0.379 e. The number of nitrogens with one attached hydrogen (secondary N) is 1. The number of aromatic nitrogens is 2. The van der Waals surface area contributed by atoms with Gasteiger partial charge in [-0.05, 0) is 13.0 Å². The highest BCUT2D eigenvalue weighted by molar-refractivity contribution is 4.97. The molecule has 0 saturated heterocycles. The molecule has 0 spiro atoms. The Kier molecular flexibility index (Phi) is 5.36. The fraction of sp³-hybridized carbons (Fsp3) is 0.727. The lowest BCUT2D eigenvalue weighted by atomic mass is 10.2. The van der Waals surface area contributed by atoms with Crippen molar-refractivity contribution in [3.8, 4) is 0 Å². The van der Waals surface area contributed by atoms with Crippen LogP contribution in [0.5, 0.6) is 0 Å². The van der Waals surface area contributed by atoms with Crippen LogP contribution >= 0.6 is 0 Å². The zero-order valence-electron chi connectivity index (χ0n) is 9.86. The molecule has 1 rings (SSSR count). The molecule has 0 aliphatic heterocycles. The predicted octanol–water partition coefficient (Wildman–Crippen LogP) is 1.28. The number of imidazole rings is 1. The van der Waals surface area contributed by atoms with Gasteiger partial charge in [-0.2, -0.15) is 0 Å². The second kappa shape index (κ2) is 6.58. The third kappa shape index (κ3) is 4.44. The Bertz CT molecular complexity index is 271. The first-order valence-corrected chi connectivity index (χ1v) is 5.45. The second-order valence-corrected chi connectivity index (χ2v) is 4.08. The molecule has 0 bridgehead atoms. The van der Waals surface area contributed by atoms with E-state index in [0.29, 0.717) is 5.92 Å². The van der Waals surface area contributed by atoms with Gasteiger partial charge in [-0.3, -0.25) is 0 Å². The number of nitrogens with zero attached hydrogens (tertiary/aromatic N) is 2. The largest absolute Gasteiger partial charge is 0.379 e. The minimum atomic E-state index is 0.601. The molecule has 0 radical (unpaired) electrons. The van der Waals surface area contributed by atoms with Gasteiger partial charge in [-0.15, -0.1) is 0 Å². The fourth-order valence-electron chi connectivity index (χ4n) is 1.36. The Morgan fingerprint density at radius 1 is 1.53 bits per heavy atom. The molecule has 86 valence electrons. The summed E-state index contributed by atoms with van der Waals surface area (Å²) in [5, 5.41) is 3.12. The number of hydrogen-bond donors (Lipinski definition) is 1. The summed E-state index contributed by atoms with van der Waals surface area (Å²) in [5.74, 6) is 0.601. The number of ether oxygens (including phenoxy) is 1. The summed E-state index contributed by atoms with van der Waals surface area (Å²) in [6, 6.07) is 0. The Balaban J connectivity index is 2.27. The lowest BCUT2D eigenvalue weighted by Crippen LogP contribution is -2.14. The van der Waals surface area contributed by atoms with E-state index in [9.17, 15) is 0 Å². The average Bonchev–Trinajstić information content (AvgIpc) is 2.61. The Hall–Kier alpha value is -0.870. The van der Waals surface area contributed by atoms with Crippen molar-refractivity contribution in [1.29, 1.82) is 0 Å². The maximum Gasteiger partial charge on any atom is 0.0949 e. The first-order chi connectivity index (χ1) is 7.24. The average molecular weight is 211 g/mol. The van der Waals surface area contributed by atoms with Crippen molar-refractivity contribution < 1.29 is 4.74 Å². The van der Waals surface area contributed by atoms with E-state index >= 15 is 0 Å². The smallest absolute Gasteiger partial charge is 0.0949 e. The van der Waals surface area contributed by atoms with E-state index < -0.39 is 0 Å². The van der Waals surface area contributed by atoms with E-state index in [4.69, 9.17) is 4.74 Å². The molecule has 0 saturated carbocycles. The number of rotatable bonds is 7. The van der Waals surface area contributed by atoms with Gasteiger partial charge in [0.25, 0.3) is 0 Å². The first kappa shape index (κ1) is 12.2. The van der Waals surface area contributed by atoms with Crippen molar-refractivity contribution in [2.24, 2.45) is 5.92 Å². The van der Waals surface area contributed by atoms with Crippen molar-refractivity contribution in [3.63, 3.8) is 0 Å². The monoisotopic (exact) mass is 211 g/mol. The van der Waals surface area contributed by atoms with Crippen molar-refractivity contribution in [2.75, 3.05) is 20.3 Å². The lowest BCUT2D eigenvalue weighted by Gasteiger charge is -2.09. The van der Waals surface area contributed by atoms with Gasteiger partial charge < -0.3 is 14.6 Å². The SMILES string of the molecule is CNCc1cncn1CCOCC(C)C. The summed E-state index contributed by atoms with van der Waals surface area (Å²) >= 11 is 0. The van der Waals surface area contributed by atoms with Crippen LogP contribution in [0.1, 0.15) is 19.5 Å². The second-order valence-electron chi connectivity index (χ2n) is 4.08. The molecular weight excluding hydrogens is 190 g/mol. The Morgan fingerprint density at radius 2 is 2.33 bits per heavy atom. The summed E-state index contributed by atoms with van der Waals surface area (Å²) in [7, 11) is 1.94. The van der Waals surface area contributed by atoms with Gasteiger partial charge in [-0.1, -0.05) is 13.8 Å². The maximum atomic E-state index is 5.53. The first-order valence-electron chi connectivity index (χ1n) is 5.45. The van der Waals surface area contributed by atoms with Gasteiger partial charge in [0.05, 0.1) is 18.6 Å². The van der Waals surface area contributed by atoms with E-state index in [0.717, 1.165) is 26.3 Å². The van der Waals surface area contributed by atoms with Crippen LogP contribution in [0, 0.1) is 5.92 Å². The van der Waals surface area contributed by atoms with Crippen molar-refractivity contribution in [2.45, 2.75) is 26.9 Å². The quantitative estimate of drug-likeness (QED) is 0.690. The summed E-state index contributed by atoms with van der Waals surface area (Å²) in [4.78, 5) is 4.12. The van der Waals surface area contributed by atoms with E-state index in [1.807, 2.05) is 19.6 Å². The standard InChI is InChI=1S/C11H21N3O/c1-10(2)8-15-5-4-14-9-13-7-11(14)6-12-3/h7,9-10,12H,4-6,8H2,1-3H3. The molecule has 0 atom stereocenters. The summed E-state index contributed by atoms with van der Waals surface area (Å²) in [5.41, 5.74) is 1.20. The van der Waals surface area contributed by atoms with Gasteiger partial charge in [0, 0.05) is 25.9 Å². The van der Waals surface area contributed by atoms with Crippen molar-refractivity contribution >= 4 is 0 Å². The minimum absolute atomic E-state index is 0.601. The summed E-state index contributed by atoms with van der Waals surface area (Å²) < 4.78 is 7.65. The fourth-order valence-corrected chi connectivity index (χ4v) is 1.36. The van der Waals surface area contributed by atoms with Crippen LogP contribution in [0.25, 0.3) is 0 Å². The molecule has 0 aliphatic carbocycles. The maximum absolute atomic E-state index is 5.53. The molecule has 1 heterocycles. The van der Waals surface area contributed by atoms with Crippen molar-refractivity contribution in [1.82, 2.24) is 14.9 Å². The van der Waals surface area contributed by atoms with Gasteiger partial charge in [-0.25, -0.2) is 4.98 Å². The van der Waals surface area contributed by atoms with E-state index in [-0.39, 0.29) is 0 Å². The molecule has 1 aromatic heterocycles.